The van der Waals surface area contributed by atoms with Crippen LogP contribution in [0, 0.1) is 0 Å². The fourth-order valence-electron chi connectivity index (χ4n) is 0.834. The summed E-state index contributed by atoms with van der Waals surface area (Å²) in [5, 5.41) is 9.92. The molecule has 0 spiro atoms. The molecule has 0 saturated heterocycles. The van der Waals surface area contributed by atoms with Gasteiger partial charge in [-0.1, -0.05) is 6.92 Å². The van der Waals surface area contributed by atoms with E-state index in [1.54, 1.807) is 0 Å². The van der Waals surface area contributed by atoms with Gasteiger partial charge in [-0.05, 0) is 19.3 Å². The van der Waals surface area contributed by atoms with Crippen molar-refractivity contribution in [2.75, 3.05) is 0 Å². The van der Waals surface area contributed by atoms with Crippen molar-refractivity contribution >= 4 is 11.8 Å². The quantitative estimate of drug-likeness (QED) is 0.556. The molecule has 0 rings (SSSR count). The number of carbonyl (C=O) groups excluding carboxylic acids is 2. The van der Waals surface area contributed by atoms with Crippen LogP contribution >= 0.6 is 0 Å². The topological polar surface area (TPSA) is 57.2 Å². The number of carboxylic acids is 1. The lowest BCUT2D eigenvalue weighted by Gasteiger charge is -2.00. The number of rotatable bonds is 6. The molecule has 0 aliphatic rings. The molecule has 0 aromatic carbocycles. The maximum atomic E-state index is 10.8. The first-order valence-corrected chi connectivity index (χ1v) is 3.88. The summed E-state index contributed by atoms with van der Waals surface area (Å²) in [5.41, 5.74) is 0. The van der Waals surface area contributed by atoms with Gasteiger partial charge in [-0.15, -0.1) is 0 Å². The average Bonchev–Trinajstić information content (AvgIpc) is 1.87. The van der Waals surface area contributed by atoms with Crippen LogP contribution in [0.1, 0.15) is 39.0 Å². The maximum Gasteiger partial charge on any atom is 0.132 e. The minimum Gasteiger partial charge on any atom is -0.550 e. The third-order valence-electron chi connectivity index (χ3n) is 1.37. The highest BCUT2D eigenvalue weighted by Crippen LogP contribution is 2.00. The Balaban J connectivity index is 3.24. The van der Waals surface area contributed by atoms with Crippen molar-refractivity contribution < 1.29 is 14.7 Å². The Bertz CT molecular complexity index is 140. The molecule has 0 unspecified atom stereocenters. The average molecular weight is 157 g/mol. The van der Waals surface area contributed by atoms with Gasteiger partial charge in [0.2, 0.25) is 0 Å². The van der Waals surface area contributed by atoms with Gasteiger partial charge in [0, 0.05) is 18.8 Å². The summed E-state index contributed by atoms with van der Waals surface area (Å²) < 4.78 is 0. The van der Waals surface area contributed by atoms with Crippen LogP contribution in [0.5, 0.6) is 0 Å². The lowest BCUT2D eigenvalue weighted by atomic mass is 10.1. The molecule has 11 heavy (non-hydrogen) atoms. The summed E-state index contributed by atoms with van der Waals surface area (Å²) in [5.74, 6) is -0.928. The SMILES string of the molecule is CCCC(=O)CCCC(=O)[O-]. The third kappa shape index (κ3) is 7.03. The first-order chi connectivity index (χ1) is 5.16. The standard InChI is InChI=1S/C8H14O3/c1-2-4-7(9)5-3-6-8(10)11/h2-6H2,1H3,(H,10,11)/p-1. The Morgan fingerprint density at radius 3 is 2.27 bits per heavy atom. The summed E-state index contributed by atoms with van der Waals surface area (Å²) in [6.45, 7) is 1.93. The number of Topliss-reactive ketones (excluding diaryl/α,β-unsaturated/α-hetero) is 1. The van der Waals surface area contributed by atoms with Gasteiger partial charge in [-0.3, -0.25) is 4.79 Å². The van der Waals surface area contributed by atoms with E-state index in [9.17, 15) is 14.7 Å². The molecular formula is C8H13O3-. The van der Waals surface area contributed by atoms with E-state index >= 15 is 0 Å². The smallest absolute Gasteiger partial charge is 0.132 e. The molecule has 0 N–H and O–H groups in total. The fourth-order valence-corrected chi connectivity index (χ4v) is 0.834. The molecule has 0 aromatic rings. The van der Waals surface area contributed by atoms with E-state index in [0.29, 0.717) is 19.3 Å². The lowest BCUT2D eigenvalue weighted by Crippen LogP contribution is -2.21. The van der Waals surface area contributed by atoms with Crippen molar-refractivity contribution in [1.29, 1.82) is 0 Å². The van der Waals surface area contributed by atoms with E-state index < -0.39 is 5.97 Å². The highest BCUT2D eigenvalue weighted by Gasteiger charge is 1.98. The minimum atomic E-state index is -1.07. The molecule has 3 nitrogen and oxygen atoms in total. The van der Waals surface area contributed by atoms with Crippen LogP contribution in [0.4, 0.5) is 0 Å². The van der Waals surface area contributed by atoms with Gasteiger partial charge in [0.1, 0.15) is 5.78 Å². The Morgan fingerprint density at radius 1 is 1.18 bits per heavy atom. The molecule has 0 radical (unpaired) electrons. The van der Waals surface area contributed by atoms with E-state index in [4.69, 9.17) is 0 Å². The molecule has 0 atom stereocenters. The normalized spacial score (nSPS) is 9.55. The van der Waals surface area contributed by atoms with Gasteiger partial charge in [-0.25, -0.2) is 0 Å². The van der Waals surface area contributed by atoms with Crippen molar-refractivity contribution in [3.8, 4) is 0 Å². The fraction of sp³-hybridized carbons (Fsp3) is 0.750. The molecule has 0 bridgehead atoms. The summed E-state index contributed by atoms with van der Waals surface area (Å²) >= 11 is 0. The van der Waals surface area contributed by atoms with E-state index in [2.05, 4.69) is 0 Å². The Kier molecular flexibility index (Phi) is 5.43. The number of aliphatic carboxylic acids is 1. The number of carbonyl (C=O) groups is 2. The molecule has 3 heteroatoms. The van der Waals surface area contributed by atoms with Gasteiger partial charge in [0.05, 0.1) is 0 Å². The van der Waals surface area contributed by atoms with Crippen LogP contribution in [0.3, 0.4) is 0 Å². The summed E-state index contributed by atoms with van der Waals surface area (Å²) in [6, 6.07) is 0. The van der Waals surface area contributed by atoms with Crippen LogP contribution in [0.25, 0.3) is 0 Å². The molecule has 0 aromatic heterocycles. The first-order valence-electron chi connectivity index (χ1n) is 3.88. The molecule has 64 valence electrons. The highest BCUT2D eigenvalue weighted by atomic mass is 16.4. The van der Waals surface area contributed by atoms with Crippen LogP contribution in [0.2, 0.25) is 0 Å². The molecule has 0 aliphatic heterocycles. The third-order valence-corrected chi connectivity index (χ3v) is 1.37. The molecule has 0 fully saturated rings. The largest absolute Gasteiger partial charge is 0.550 e. The zero-order valence-electron chi connectivity index (χ0n) is 6.76. The number of ketones is 1. The van der Waals surface area contributed by atoms with Crippen molar-refractivity contribution in [2.45, 2.75) is 39.0 Å². The summed E-state index contributed by atoms with van der Waals surface area (Å²) in [7, 11) is 0. The molecular weight excluding hydrogens is 144 g/mol. The van der Waals surface area contributed by atoms with Crippen molar-refractivity contribution in [3.63, 3.8) is 0 Å². The monoisotopic (exact) mass is 157 g/mol. The van der Waals surface area contributed by atoms with Crippen LogP contribution < -0.4 is 5.11 Å². The van der Waals surface area contributed by atoms with Crippen molar-refractivity contribution in [1.82, 2.24) is 0 Å². The number of hydrogen-bond donors (Lipinski definition) is 0. The van der Waals surface area contributed by atoms with E-state index in [1.165, 1.54) is 0 Å². The maximum absolute atomic E-state index is 10.8. The first kappa shape index (κ1) is 10.1. The number of carboxylic acid groups (broad SMARTS) is 1. The van der Waals surface area contributed by atoms with Crippen molar-refractivity contribution in [2.24, 2.45) is 0 Å². The van der Waals surface area contributed by atoms with Gasteiger partial charge in [-0.2, -0.15) is 0 Å². The zero-order valence-corrected chi connectivity index (χ0v) is 6.76. The molecule has 0 aliphatic carbocycles. The van der Waals surface area contributed by atoms with Crippen LogP contribution in [0.15, 0.2) is 0 Å². The molecule has 0 saturated carbocycles. The summed E-state index contributed by atoms with van der Waals surface area (Å²) in [4.78, 5) is 20.7. The van der Waals surface area contributed by atoms with Gasteiger partial charge < -0.3 is 9.90 Å². The summed E-state index contributed by atoms with van der Waals surface area (Å²) in [6.07, 6.45) is 2.19. The zero-order chi connectivity index (χ0) is 8.69. The second-order valence-electron chi connectivity index (χ2n) is 2.51. The van der Waals surface area contributed by atoms with Crippen molar-refractivity contribution in [3.05, 3.63) is 0 Å². The van der Waals surface area contributed by atoms with Gasteiger partial charge in [0.25, 0.3) is 0 Å². The van der Waals surface area contributed by atoms with Gasteiger partial charge in [0.15, 0.2) is 0 Å². The predicted molar refractivity (Wildman–Crippen MR) is 38.8 cm³/mol. The lowest BCUT2D eigenvalue weighted by molar-refractivity contribution is -0.305. The number of hydrogen-bond acceptors (Lipinski definition) is 3. The molecule has 0 heterocycles. The predicted octanol–water partition coefficient (Wildman–Crippen LogP) is 0.276. The second kappa shape index (κ2) is 5.89. The van der Waals surface area contributed by atoms with Gasteiger partial charge >= 0.3 is 0 Å². The Morgan fingerprint density at radius 2 is 1.82 bits per heavy atom. The highest BCUT2D eigenvalue weighted by molar-refractivity contribution is 5.78. The second-order valence-corrected chi connectivity index (χ2v) is 2.51. The Hall–Kier alpha value is -0.860. The van der Waals surface area contributed by atoms with E-state index in [0.717, 1.165) is 6.42 Å². The van der Waals surface area contributed by atoms with Crippen LogP contribution in [-0.2, 0) is 9.59 Å². The van der Waals surface area contributed by atoms with Crippen LogP contribution in [-0.4, -0.2) is 11.8 Å². The molecule has 0 amide bonds. The minimum absolute atomic E-state index is 0.00451. The van der Waals surface area contributed by atoms with E-state index in [1.807, 2.05) is 6.92 Å². The Labute approximate surface area is 66.4 Å². The van der Waals surface area contributed by atoms with E-state index in [-0.39, 0.29) is 12.2 Å².